The van der Waals surface area contributed by atoms with Gasteiger partial charge in [0.25, 0.3) is 0 Å². The van der Waals surface area contributed by atoms with Crippen molar-refractivity contribution in [3.05, 3.63) is 0 Å². The van der Waals surface area contributed by atoms with Crippen LogP contribution in [-0.2, 0) is 0 Å². The van der Waals surface area contributed by atoms with Crippen molar-refractivity contribution in [2.45, 2.75) is 32.2 Å². The van der Waals surface area contributed by atoms with Crippen LogP contribution in [0.5, 0.6) is 0 Å². The molecule has 1 unspecified atom stereocenters. The largest absolute Gasteiger partial charge is 0.326 e. The number of nitrogens with zero attached hydrogens (tertiary/aromatic N) is 2. The summed E-state index contributed by atoms with van der Waals surface area (Å²) in [6.45, 7) is 4.87. The summed E-state index contributed by atoms with van der Waals surface area (Å²) in [6.07, 6.45) is 3.41. The third-order valence-electron chi connectivity index (χ3n) is 3.18. The first-order valence-corrected chi connectivity index (χ1v) is 5.86. The van der Waals surface area contributed by atoms with Crippen LogP contribution in [-0.4, -0.2) is 55.6 Å². The van der Waals surface area contributed by atoms with E-state index in [1.165, 1.54) is 0 Å². The highest BCUT2D eigenvalue weighted by molar-refractivity contribution is 5.76. The van der Waals surface area contributed by atoms with Gasteiger partial charge in [0.1, 0.15) is 0 Å². The van der Waals surface area contributed by atoms with Crippen LogP contribution in [0.2, 0.25) is 0 Å². The van der Waals surface area contributed by atoms with Crippen LogP contribution in [0.3, 0.4) is 0 Å². The molecule has 0 radical (unpaired) electrons. The molecule has 1 aliphatic rings. The first-order valence-electron chi connectivity index (χ1n) is 5.86. The molecule has 1 atom stereocenters. The average molecular weight is 213 g/mol. The fourth-order valence-corrected chi connectivity index (χ4v) is 1.99. The Balaban J connectivity index is 2.18. The maximum Gasteiger partial charge on any atom is 0.319 e. The monoisotopic (exact) mass is 213 g/mol. The number of hydrogen-bond donors (Lipinski definition) is 1. The third-order valence-corrected chi connectivity index (χ3v) is 3.18. The van der Waals surface area contributed by atoms with E-state index in [0.29, 0.717) is 6.04 Å². The molecule has 1 rings (SSSR count). The van der Waals surface area contributed by atoms with Gasteiger partial charge in [-0.3, -0.25) is 0 Å². The van der Waals surface area contributed by atoms with Gasteiger partial charge in [0, 0.05) is 32.7 Å². The fourth-order valence-electron chi connectivity index (χ4n) is 1.99. The maximum atomic E-state index is 11.6. The van der Waals surface area contributed by atoms with E-state index in [9.17, 15) is 4.79 Å². The van der Waals surface area contributed by atoms with E-state index >= 15 is 0 Å². The van der Waals surface area contributed by atoms with Crippen molar-refractivity contribution >= 4 is 6.03 Å². The zero-order valence-corrected chi connectivity index (χ0v) is 10.1. The number of rotatable bonds is 6. The van der Waals surface area contributed by atoms with Gasteiger partial charge in [0.05, 0.1) is 0 Å². The van der Waals surface area contributed by atoms with Crippen LogP contribution in [0.25, 0.3) is 0 Å². The Labute approximate surface area is 92.6 Å². The first kappa shape index (κ1) is 12.3. The lowest BCUT2D eigenvalue weighted by Crippen LogP contribution is -2.31. The summed E-state index contributed by atoms with van der Waals surface area (Å²) in [4.78, 5) is 15.3. The van der Waals surface area contributed by atoms with Crippen molar-refractivity contribution in [1.82, 2.24) is 15.1 Å². The molecule has 0 aromatic rings. The van der Waals surface area contributed by atoms with E-state index in [1.807, 2.05) is 19.0 Å². The maximum absolute atomic E-state index is 11.6. The molecule has 0 aliphatic carbocycles. The minimum absolute atomic E-state index is 0.188. The lowest BCUT2D eigenvalue weighted by Gasteiger charge is -2.18. The fraction of sp³-hybridized carbons (Fsp3) is 0.909. The molecule has 88 valence electrons. The van der Waals surface area contributed by atoms with E-state index in [1.54, 1.807) is 4.90 Å². The van der Waals surface area contributed by atoms with E-state index in [4.69, 9.17) is 0 Å². The molecular weight excluding hydrogens is 190 g/mol. The Morgan fingerprint density at radius 1 is 1.47 bits per heavy atom. The molecule has 4 heteroatoms. The summed E-state index contributed by atoms with van der Waals surface area (Å²) in [5.41, 5.74) is 0. The summed E-state index contributed by atoms with van der Waals surface area (Å²) >= 11 is 0. The van der Waals surface area contributed by atoms with Crippen LogP contribution < -0.4 is 5.32 Å². The number of carbonyl (C=O) groups is 1. The van der Waals surface area contributed by atoms with E-state index < -0.39 is 0 Å². The number of hydrogen-bond acceptors (Lipinski definition) is 2. The van der Waals surface area contributed by atoms with Crippen molar-refractivity contribution in [2.75, 3.05) is 33.7 Å². The lowest BCUT2D eigenvalue weighted by atomic mass is 10.1. The Kier molecular flexibility index (Phi) is 4.88. The minimum Gasteiger partial charge on any atom is -0.326 e. The minimum atomic E-state index is 0.188. The molecule has 2 amide bonds. The summed E-state index contributed by atoms with van der Waals surface area (Å²) < 4.78 is 0. The molecule has 1 N–H and O–H groups in total. The van der Waals surface area contributed by atoms with Crippen molar-refractivity contribution in [3.63, 3.8) is 0 Å². The summed E-state index contributed by atoms with van der Waals surface area (Å²) in [5.74, 6) is 0. The van der Waals surface area contributed by atoms with Crippen LogP contribution >= 0.6 is 0 Å². The smallest absolute Gasteiger partial charge is 0.319 e. The highest BCUT2D eigenvalue weighted by atomic mass is 16.2. The van der Waals surface area contributed by atoms with Gasteiger partial charge in [0.15, 0.2) is 0 Å². The van der Waals surface area contributed by atoms with Crippen LogP contribution in [0.15, 0.2) is 0 Å². The quantitative estimate of drug-likeness (QED) is 0.718. The van der Waals surface area contributed by atoms with Crippen molar-refractivity contribution < 1.29 is 4.79 Å². The van der Waals surface area contributed by atoms with Gasteiger partial charge >= 0.3 is 6.03 Å². The molecule has 15 heavy (non-hydrogen) atoms. The molecule has 1 heterocycles. The lowest BCUT2D eigenvalue weighted by molar-refractivity contribution is 0.197. The SMILES string of the molecule is CCC(CCCN1CCN(C)C1=O)NC. The van der Waals surface area contributed by atoms with E-state index in [2.05, 4.69) is 12.2 Å². The first-order chi connectivity index (χ1) is 7.19. The Morgan fingerprint density at radius 2 is 2.20 bits per heavy atom. The molecular formula is C11H23N3O. The van der Waals surface area contributed by atoms with Crippen LogP contribution in [0.4, 0.5) is 4.79 Å². The van der Waals surface area contributed by atoms with Gasteiger partial charge in [-0.15, -0.1) is 0 Å². The zero-order valence-electron chi connectivity index (χ0n) is 10.1. The molecule has 4 nitrogen and oxygen atoms in total. The molecule has 0 aromatic heterocycles. The van der Waals surface area contributed by atoms with Gasteiger partial charge < -0.3 is 15.1 Å². The second-order valence-corrected chi connectivity index (χ2v) is 4.23. The second kappa shape index (κ2) is 5.95. The number of carbonyl (C=O) groups excluding carboxylic acids is 1. The number of urea groups is 1. The number of amides is 2. The van der Waals surface area contributed by atoms with Gasteiger partial charge in [-0.1, -0.05) is 6.92 Å². The summed E-state index contributed by atoms with van der Waals surface area (Å²) in [7, 11) is 3.87. The number of nitrogens with one attached hydrogen (secondary N) is 1. The Morgan fingerprint density at radius 3 is 2.67 bits per heavy atom. The van der Waals surface area contributed by atoms with Gasteiger partial charge in [-0.25, -0.2) is 4.79 Å². The highest BCUT2D eigenvalue weighted by Crippen LogP contribution is 2.09. The van der Waals surface area contributed by atoms with Gasteiger partial charge in [-0.2, -0.15) is 0 Å². The number of likely N-dealkylation sites (N-methyl/N-ethyl adjacent to an activating group) is 1. The predicted octanol–water partition coefficient (Wildman–Crippen LogP) is 1.13. The Hall–Kier alpha value is -0.770. The standard InChI is InChI=1S/C11H23N3O/c1-4-10(12-2)6-5-7-14-9-8-13(3)11(14)15/h10,12H,4-9H2,1-3H3. The van der Waals surface area contributed by atoms with Crippen LogP contribution in [0, 0.1) is 0 Å². The van der Waals surface area contributed by atoms with Gasteiger partial charge in [0.2, 0.25) is 0 Å². The van der Waals surface area contributed by atoms with Crippen molar-refractivity contribution in [1.29, 1.82) is 0 Å². The predicted molar refractivity (Wildman–Crippen MR) is 62.0 cm³/mol. The molecule has 1 saturated heterocycles. The molecule has 0 aromatic carbocycles. The molecule has 0 spiro atoms. The normalized spacial score (nSPS) is 18.7. The van der Waals surface area contributed by atoms with Crippen LogP contribution in [0.1, 0.15) is 26.2 Å². The Bertz CT molecular complexity index is 204. The average Bonchev–Trinajstić information content (AvgIpc) is 2.56. The highest BCUT2D eigenvalue weighted by Gasteiger charge is 2.24. The molecule has 1 fully saturated rings. The zero-order chi connectivity index (χ0) is 11.3. The van der Waals surface area contributed by atoms with E-state index in [0.717, 1.165) is 38.9 Å². The van der Waals surface area contributed by atoms with Crippen molar-refractivity contribution in [3.8, 4) is 0 Å². The molecule has 0 saturated carbocycles. The molecule has 1 aliphatic heterocycles. The topological polar surface area (TPSA) is 35.6 Å². The van der Waals surface area contributed by atoms with E-state index in [-0.39, 0.29) is 6.03 Å². The van der Waals surface area contributed by atoms with Gasteiger partial charge in [-0.05, 0) is 26.3 Å². The second-order valence-electron chi connectivity index (χ2n) is 4.23. The third kappa shape index (κ3) is 3.38. The summed E-state index contributed by atoms with van der Waals surface area (Å²) in [5, 5.41) is 3.28. The van der Waals surface area contributed by atoms with Crippen molar-refractivity contribution in [2.24, 2.45) is 0 Å². The molecule has 0 bridgehead atoms. The summed E-state index contributed by atoms with van der Waals surface area (Å²) in [6, 6.07) is 0.785.